The summed E-state index contributed by atoms with van der Waals surface area (Å²) >= 11 is 0. The number of sulfonamides is 1. The quantitative estimate of drug-likeness (QED) is 0.818. The first-order valence-corrected chi connectivity index (χ1v) is 9.81. The third-order valence-electron chi connectivity index (χ3n) is 4.04. The summed E-state index contributed by atoms with van der Waals surface area (Å²) in [7, 11) is -1.61. The van der Waals surface area contributed by atoms with Crippen LogP contribution in [0.5, 0.6) is 0 Å². The van der Waals surface area contributed by atoms with Gasteiger partial charge in [-0.2, -0.15) is 0 Å². The number of likely N-dealkylation sites (tertiary alicyclic amines) is 1. The number of piperidine rings is 1. The average Bonchev–Trinajstić information content (AvgIpc) is 2.48. The highest BCUT2D eigenvalue weighted by atomic mass is 32.2. The van der Waals surface area contributed by atoms with Gasteiger partial charge in [0.2, 0.25) is 15.9 Å². The van der Waals surface area contributed by atoms with Gasteiger partial charge in [-0.25, -0.2) is 17.5 Å². The number of likely N-dealkylation sites (N-methyl/N-ethyl adjacent to an activating group) is 1. The summed E-state index contributed by atoms with van der Waals surface area (Å²) in [6.45, 7) is 1.67. The molecule has 1 unspecified atom stereocenters. The molecule has 6 nitrogen and oxygen atoms in total. The molecule has 0 aliphatic carbocycles. The van der Waals surface area contributed by atoms with Crippen molar-refractivity contribution in [3.63, 3.8) is 0 Å². The summed E-state index contributed by atoms with van der Waals surface area (Å²) in [6, 6.07) is 6.22. The second kappa shape index (κ2) is 8.04. The maximum atomic E-state index is 13.7. The molecule has 1 aliphatic rings. The number of halogens is 1. The lowest BCUT2D eigenvalue weighted by atomic mass is 10.1. The van der Waals surface area contributed by atoms with Crippen LogP contribution in [0.4, 0.5) is 4.39 Å². The number of hydrogen-bond acceptors (Lipinski definition) is 4. The molecule has 1 saturated heterocycles. The van der Waals surface area contributed by atoms with Crippen LogP contribution in [0.1, 0.15) is 18.4 Å². The molecule has 1 N–H and O–H groups in total. The zero-order chi connectivity index (χ0) is 17.7. The molecule has 1 fully saturated rings. The van der Waals surface area contributed by atoms with Crippen molar-refractivity contribution >= 4 is 15.9 Å². The number of nitrogens with zero attached hydrogens (tertiary/aromatic N) is 2. The molecule has 1 aromatic rings. The first-order valence-electron chi connectivity index (χ1n) is 7.91. The van der Waals surface area contributed by atoms with Crippen molar-refractivity contribution in [2.45, 2.75) is 25.4 Å². The summed E-state index contributed by atoms with van der Waals surface area (Å²) in [4.78, 5) is 15.8. The van der Waals surface area contributed by atoms with E-state index in [2.05, 4.69) is 4.72 Å². The fourth-order valence-electron chi connectivity index (χ4n) is 2.88. The van der Waals surface area contributed by atoms with Crippen molar-refractivity contribution in [3.05, 3.63) is 35.6 Å². The molecule has 134 valence electrons. The Labute approximate surface area is 142 Å². The lowest BCUT2D eigenvalue weighted by molar-refractivity contribution is -0.132. The van der Waals surface area contributed by atoms with Gasteiger partial charge in [0, 0.05) is 31.7 Å². The van der Waals surface area contributed by atoms with Crippen LogP contribution in [0.2, 0.25) is 0 Å². The Bertz CT molecular complexity index is 681. The van der Waals surface area contributed by atoms with Gasteiger partial charge in [-0.05, 0) is 25.5 Å². The first-order chi connectivity index (χ1) is 11.2. The minimum atomic E-state index is -3.25. The molecule has 0 aromatic heterocycles. The molecule has 2 rings (SSSR count). The van der Waals surface area contributed by atoms with E-state index < -0.39 is 10.0 Å². The molecule has 1 aromatic carbocycles. The summed E-state index contributed by atoms with van der Waals surface area (Å²) in [5, 5.41) is 0. The number of benzene rings is 1. The van der Waals surface area contributed by atoms with Gasteiger partial charge in [-0.15, -0.1) is 0 Å². The Morgan fingerprint density at radius 2 is 2.12 bits per heavy atom. The monoisotopic (exact) mass is 357 g/mol. The van der Waals surface area contributed by atoms with E-state index in [0.29, 0.717) is 12.1 Å². The van der Waals surface area contributed by atoms with Crippen molar-refractivity contribution in [1.82, 2.24) is 14.5 Å². The fraction of sp³-hybridized carbons (Fsp3) is 0.562. The van der Waals surface area contributed by atoms with Gasteiger partial charge in [-0.3, -0.25) is 9.69 Å². The predicted molar refractivity (Wildman–Crippen MR) is 90.3 cm³/mol. The minimum Gasteiger partial charge on any atom is -0.340 e. The summed E-state index contributed by atoms with van der Waals surface area (Å²) < 4.78 is 38.9. The van der Waals surface area contributed by atoms with E-state index in [9.17, 15) is 17.6 Å². The van der Waals surface area contributed by atoms with Crippen molar-refractivity contribution in [2.75, 3.05) is 32.9 Å². The lowest BCUT2D eigenvalue weighted by Crippen LogP contribution is -2.50. The van der Waals surface area contributed by atoms with E-state index in [1.165, 1.54) is 11.0 Å². The number of carbonyl (C=O) groups is 1. The molecule has 1 amide bonds. The van der Waals surface area contributed by atoms with Gasteiger partial charge in [-0.1, -0.05) is 18.2 Å². The van der Waals surface area contributed by atoms with E-state index >= 15 is 0 Å². The van der Waals surface area contributed by atoms with Crippen LogP contribution in [0.3, 0.4) is 0 Å². The third kappa shape index (κ3) is 5.85. The zero-order valence-electron chi connectivity index (χ0n) is 14.0. The third-order valence-corrected chi connectivity index (χ3v) is 4.80. The number of carbonyl (C=O) groups excluding carboxylic acids is 1. The van der Waals surface area contributed by atoms with Crippen molar-refractivity contribution in [1.29, 1.82) is 0 Å². The lowest BCUT2D eigenvalue weighted by Gasteiger charge is -2.33. The van der Waals surface area contributed by atoms with Crippen LogP contribution < -0.4 is 4.72 Å². The molecule has 24 heavy (non-hydrogen) atoms. The smallest absolute Gasteiger partial charge is 0.236 e. The molecule has 8 heteroatoms. The van der Waals surface area contributed by atoms with Crippen LogP contribution in [-0.2, 0) is 21.4 Å². The molecular weight excluding hydrogens is 333 g/mol. The number of amides is 1. The predicted octanol–water partition coefficient (Wildman–Crippen LogP) is 0.798. The van der Waals surface area contributed by atoms with Crippen molar-refractivity contribution in [3.8, 4) is 0 Å². The van der Waals surface area contributed by atoms with Crippen LogP contribution in [-0.4, -0.2) is 63.1 Å². The van der Waals surface area contributed by atoms with Gasteiger partial charge in [0.1, 0.15) is 5.82 Å². The second-order valence-corrected chi connectivity index (χ2v) is 8.09. The van der Waals surface area contributed by atoms with Crippen LogP contribution >= 0.6 is 0 Å². The Morgan fingerprint density at radius 3 is 2.79 bits per heavy atom. The maximum absolute atomic E-state index is 13.7. The van der Waals surface area contributed by atoms with Gasteiger partial charge >= 0.3 is 0 Å². The maximum Gasteiger partial charge on any atom is 0.236 e. The molecule has 1 aliphatic heterocycles. The Morgan fingerprint density at radius 1 is 1.42 bits per heavy atom. The van der Waals surface area contributed by atoms with Gasteiger partial charge in [0.05, 0.1) is 12.8 Å². The Hall–Kier alpha value is -1.51. The molecule has 0 spiro atoms. The van der Waals surface area contributed by atoms with Crippen LogP contribution in [0, 0.1) is 5.82 Å². The van der Waals surface area contributed by atoms with E-state index in [1.807, 2.05) is 4.90 Å². The zero-order valence-corrected chi connectivity index (χ0v) is 14.9. The Kier molecular flexibility index (Phi) is 6.31. The normalized spacial score (nSPS) is 19.2. The van der Waals surface area contributed by atoms with Gasteiger partial charge in [0.15, 0.2) is 0 Å². The largest absolute Gasteiger partial charge is 0.340 e. The summed E-state index contributed by atoms with van der Waals surface area (Å²) in [5.74, 6) is -0.439. The standard InChI is InChI=1S/C16H24FN3O3S/c1-19(10-13-6-3-4-8-15(13)17)16(21)12-20-9-5-7-14(11-20)18-24(2,22)23/h3-4,6,8,14,18H,5,7,9-12H2,1-2H3. The van der Waals surface area contributed by atoms with E-state index in [1.54, 1.807) is 25.2 Å². The summed E-state index contributed by atoms with van der Waals surface area (Å²) in [5.41, 5.74) is 0.476. The highest BCUT2D eigenvalue weighted by Crippen LogP contribution is 2.12. The molecule has 0 bridgehead atoms. The topological polar surface area (TPSA) is 69.7 Å². The molecule has 0 radical (unpaired) electrons. The van der Waals surface area contributed by atoms with E-state index in [-0.39, 0.29) is 30.9 Å². The van der Waals surface area contributed by atoms with Crippen molar-refractivity contribution < 1.29 is 17.6 Å². The van der Waals surface area contributed by atoms with E-state index in [0.717, 1.165) is 25.6 Å². The molecule has 1 heterocycles. The number of hydrogen-bond donors (Lipinski definition) is 1. The van der Waals surface area contributed by atoms with Crippen LogP contribution in [0.15, 0.2) is 24.3 Å². The average molecular weight is 357 g/mol. The number of rotatable bonds is 6. The highest BCUT2D eigenvalue weighted by Gasteiger charge is 2.24. The minimum absolute atomic E-state index is 0.113. The fourth-order valence-corrected chi connectivity index (χ4v) is 3.68. The molecule has 1 atom stereocenters. The first kappa shape index (κ1) is 18.8. The van der Waals surface area contributed by atoms with Crippen molar-refractivity contribution in [2.24, 2.45) is 0 Å². The summed E-state index contributed by atoms with van der Waals surface area (Å²) in [6.07, 6.45) is 2.74. The number of nitrogens with one attached hydrogen (secondary N) is 1. The molecule has 0 saturated carbocycles. The second-order valence-electron chi connectivity index (χ2n) is 6.31. The van der Waals surface area contributed by atoms with Crippen LogP contribution in [0.25, 0.3) is 0 Å². The molecular formula is C16H24FN3O3S. The SMILES string of the molecule is CN(Cc1ccccc1F)C(=O)CN1CCCC(NS(C)(=O)=O)C1. The van der Waals surface area contributed by atoms with Gasteiger partial charge < -0.3 is 4.90 Å². The highest BCUT2D eigenvalue weighted by molar-refractivity contribution is 7.88. The van der Waals surface area contributed by atoms with Gasteiger partial charge in [0.25, 0.3) is 0 Å². The van der Waals surface area contributed by atoms with E-state index in [4.69, 9.17) is 0 Å². The Balaban J connectivity index is 1.88.